The van der Waals surface area contributed by atoms with Crippen LogP contribution in [-0.4, -0.2) is 56.8 Å². The Morgan fingerprint density at radius 3 is 1.13 bits per heavy atom. The minimum Gasteiger partial charge on any atom is -0.206 e. The first-order chi connectivity index (χ1) is 13.1. The van der Waals surface area contributed by atoms with Gasteiger partial charge in [-0.3, -0.25) is 0 Å². The van der Waals surface area contributed by atoms with Crippen LogP contribution < -0.4 is 0 Å². The highest BCUT2D eigenvalue weighted by molar-refractivity contribution is 6.41. The summed E-state index contributed by atoms with van der Waals surface area (Å²) in [6.07, 6.45) is -12.0. The van der Waals surface area contributed by atoms with Gasteiger partial charge in [-0.15, -0.1) is 0 Å². The standard InChI is InChI=1S/C13H13F17Si/c1-5(2)31-13(29,30)12(27,28)11(25,26)10(23,24)9(21,22)8(19,20)6(14,15)3-4-7(16,17)18/h5H,3-4,31H2,1-2H3. The van der Waals surface area contributed by atoms with Crippen molar-refractivity contribution >= 4 is 9.52 Å². The van der Waals surface area contributed by atoms with Gasteiger partial charge >= 0.3 is 41.7 Å². The normalized spacial score (nSPS) is 16.6. The van der Waals surface area contributed by atoms with Crippen LogP contribution in [0.25, 0.3) is 0 Å². The predicted octanol–water partition coefficient (Wildman–Crippen LogP) is 6.73. The zero-order valence-corrected chi connectivity index (χ0v) is 16.5. The van der Waals surface area contributed by atoms with E-state index in [2.05, 4.69) is 0 Å². The zero-order valence-electron chi connectivity index (χ0n) is 15.1. The Labute approximate surface area is 165 Å². The van der Waals surface area contributed by atoms with Crippen LogP contribution in [0.4, 0.5) is 74.6 Å². The third kappa shape index (κ3) is 5.01. The van der Waals surface area contributed by atoms with E-state index in [9.17, 15) is 74.6 Å². The number of rotatable bonds is 10. The Balaban J connectivity index is 6.42. The summed E-state index contributed by atoms with van der Waals surface area (Å²) in [6.45, 7) is 1.47. The molecule has 0 bridgehead atoms. The largest absolute Gasteiger partial charge is 0.389 e. The van der Waals surface area contributed by atoms with Gasteiger partial charge in [0, 0.05) is 12.8 Å². The highest BCUT2D eigenvalue weighted by Gasteiger charge is 2.92. The van der Waals surface area contributed by atoms with Crippen molar-refractivity contribution in [3.63, 3.8) is 0 Å². The maximum Gasteiger partial charge on any atom is 0.389 e. The Morgan fingerprint density at radius 1 is 0.484 bits per heavy atom. The summed E-state index contributed by atoms with van der Waals surface area (Å²) in [7, 11) is -3.80. The molecule has 0 aliphatic rings. The quantitative estimate of drug-likeness (QED) is 0.222. The summed E-state index contributed by atoms with van der Waals surface area (Å²) >= 11 is 0. The fourth-order valence-corrected chi connectivity index (χ4v) is 3.65. The smallest absolute Gasteiger partial charge is 0.206 e. The number of halogens is 17. The number of alkyl halides is 17. The monoisotopic (exact) mass is 520 g/mol. The zero-order chi connectivity index (χ0) is 25.7. The lowest BCUT2D eigenvalue weighted by Gasteiger charge is -2.43. The molecule has 0 nitrogen and oxygen atoms in total. The molecule has 0 amide bonds. The molecular formula is C13H13F17Si. The van der Waals surface area contributed by atoms with Crippen LogP contribution in [0.3, 0.4) is 0 Å². The van der Waals surface area contributed by atoms with Gasteiger partial charge in [0.2, 0.25) is 0 Å². The van der Waals surface area contributed by atoms with E-state index in [0.717, 1.165) is 13.8 Å². The van der Waals surface area contributed by atoms with E-state index < -0.39 is 75.2 Å². The summed E-state index contributed by atoms with van der Waals surface area (Å²) in [5.41, 5.74) is -7.59. The van der Waals surface area contributed by atoms with Gasteiger partial charge in [0.1, 0.15) is 9.52 Å². The molecule has 0 radical (unpaired) electrons. The molecule has 0 saturated heterocycles. The molecule has 0 saturated carbocycles. The Kier molecular flexibility index (Phi) is 7.85. The SMILES string of the molecule is CC(C)[SiH2]C(F)(F)C(F)(F)C(F)(F)C(F)(F)C(F)(F)C(F)(F)C(F)(F)CCC(F)(F)F. The predicted molar refractivity (Wildman–Crippen MR) is 73.6 cm³/mol. The van der Waals surface area contributed by atoms with E-state index in [1.54, 1.807) is 0 Å². The van der Waals surface area contributed by atoms with Crippen LogP contribution in [0.5, 0.6) is 0 Å². The van der Waals surface area contributed by atoms with Crippen molar-refractivity contribution in [3.05, 3.63) is 0 Å². The van der Waals surface area contributed by atoms with Crippen molar-refractivity contribution in [2.45, 2.75) is 79.5 Å². The molecule has 0 N–H and O–H groups in total. The molecule has 0 aliphatic heterocycles. The van der Waals surface area contributed by atoms with E-state index in [1.165, 1.54) is 0 Å². The second-order valence-corrected chi connectivity index (χ2v) is 9.92. The number of hydrogen-bond acceptors (Lipinski definition) is 0. The molecule has 0 aromatic carbocycles. The minimum absolute atomic E-state index is 0.733. The van der Waals surface area contributed by atoms with Gasteiger partial charge in [-0.2, -0.15) is 65.9 Å². The highest BCUT2D eigenvalue weighted by atomic mass is 28.2. The molecule has 0 aliphatic carbocycles. The average Bonchev–Trinajstić information content (AvgIpc) is 2.50. The highest BCUT2D eigenvalue weighted by Crippen LogP contribution is 2.62. The van der Waals surface area contributed by atoms with Crippen molar-refractivity contribution < 1.29 is 74.6 Å². The fourth-order valence-electron chi connectivity index (χ4n) is 2.15. The molecule has 31 heavy (non-hydrogen) atoms. The van der Waals surface area contributed by atoms with Crippen LogP contribution in [0.1, 0.15) is 26.7 Å². The second kappa shape index (κ2) is 8.11. The first-order valence-corrected chi connectivity index (χ1v) is 9.36. The summed E-state index contributed by atoms with van der Waals surface area (Å²) in [4.78, 5) is 0. The first kappa shape index (κ1) is 30.0. The van der Waals surface area contributed by atoms with Crippen LogP contribution >= 0.6 is 0 Å². The fraction of sp³-hybridized carbons (Fsp3) is 1.00. The molecule has 0 unspecified atom stereocenters. The first-order valence-electron chi connectivity index (χ1n) is 7.84. The van der Waals surface area contributed by atoms with Crippen molar-refractivity contribution in [2.24, 2.45) is 0 Å². The summed E-state index contributed by atoms with van der Waals surface area (Å²) in [5, 5.41) is 0. The van der Waals surface area contributed by atoms with Crippen molar-refractivity contribution in [1.29, 1.82) is 0 Å². The van der Waals surface area contributed by atoms with Crippen LogP contribution in [0, 0.1) is 0 Å². The third-order valence-electron chi connectivity index (χ3n) is 3.88. The van der Waals surface area contributed by atoms with Gasteiger partial charge in [-0.05, 0) is 0 Å². The molecule has 0 rings (SSSR count). The van der Waals surface area contributed by atoms with Gasteiger partial charge in [-0.1, -0.05) is 19.4 Å². The van der Waals surface area contributed by atoms with E-state index in [1.807, 2.05) is 0 Å². The summed E-state index contributed by atoms with van der Waals surface area (Å²) < 4.78 is 224. The van der Waals surface area contributed by atoms with Crippen LogP contribution in [0.15, 0.2) is 0 Å². The van der Waals surface area contributed by atoms with Gasteiger partial charge in [-0.25, -0.2) is 8.78 Å². The van der Waals surface area contributed by atoms with Crippen molar-refractivity contribution in [2.75, 3.05) is 0 Å². The Bertz CT molecular complexity index is 618. The molecule has 0 aromatic heterocycles. The maximum atomic E-state index is 13.5. The average molecular weight is 520 g/mol. The van der Waals surface area contributed by atoms with Gasteiger partial charge in [0.15, 0.2) is 0 Å². The summed E-state index contributed by atoms with van der Waals surface area (Å²) in [5.74, 6) is -46.4. The Hall–Kier alpha value is -0.973. The topological polar surface area (TPSA) is 0 Å². The molecule has 188 valence electrons. The number of hydrogen-bond donors (Lipinski definition) is 0. The van der Waals surface area contributed by atoms with E-state index in [0.29, 0.717) is 0 Å². The molecule has 0 atom stereocenters. The molecule has 0 spiro atoms. The molecule has 0 aromatic rings. The van der Waals surface area contributed by atoms with Gasteiger partial charge < -0.3 is 0 Å². The van der Waals surface area contributed by atoms with E-state index >= 15 is 0 Å². The van der Waals surface area contributed by atoms with Crippen molar-refractivity contribution in [3.8, 4) is 0 Å². The third-order valence-corrected chi connectivity index (χ3v) is 5.66. The second-order valence-electron chi connectivity index (χ2n) is 6.99. The maximum absolute atomic E-state index is 13.5. The van der Waals surface area contributed by atoms with Gasteiger partial charge in [0.05, 0.1) is 0 Å². The van der Waals surface area contributed by atoms with Crippen LogP contribution in [-0.2, 0) is 0 Å². The minimum atomic E-state index is -8.25. The van der Waals surface area contributed by atoms with Gasteiger partial charge in [0.25, 0.3) is 5.55 Å². The van der Waals surface area contributed by atoms with Crippen LogP contribution in [0.2, 0.25) is 5.54 Å². The molecule has 0 heterocycles. The Morgan fingerprint density at radius 2 is 0.806 bits per heavy atom. The molecule has 18 heteroatoms. The lowest BCUT2D eigenvalue weighted by molar-refractivity contribution is -0.436. The van der Waals surface area contributed by atoms with E-state index in [4.69, 9.17) is 0 Å². The lowest BCUT2D eigenvalue weighted by Crippen LogP contribution is -2.73. The summed E-state index contributed by atoms with van der Waals surface area (Å²) in [6, 6.07) is 0. The van der Waals surface area contributed by atoms with E-state index in [-0.39, 0.29) is 0 Å². The lowest BCUT2D eigenvalue weighted by atomic mass is 9.90. The van der Waals surface area contributed by atoms with Crippen molar-refractivity contribution in [1.82, 2.24) is 0 Å². The molecular weight excluding hydrogens is 507 g/mol. The molecule has 0 fully saturated rings.